The molecule has 3 aliphatic rings. The van der Waals surface area contributed by atoms with Gasteiger partial charge in [-0.1, -0.05) is 6.07 Å². The molecule has 2 saturated carbocycles. The van der Waals surface area contributed by atoms with Crippen molar-refractivity contribution in [1.82, 2.24) is 26.1 Å². The number of carbonyl (C=O) groups is 1. The minimum Gasteiger partial charge on any atom is -0.480 e. The summed E-state index contributed by atoms with van der Waals surface area (Å²) in [6.07, 6.45) is 8.39. The molecule has 7 nitrogen and oxygen atoms in total. The maximum Gasteiger partial charge on any atom is 0.317 e. The van der Waals surface area contributed by atoms with E-state index in [4.69, 9.17) is 5.11 Å². The molecule has 2 aliphatic carbocycles. The van der Waals surface area contributed by atoms with Gasteiger partial charge in [0.2, 0.25) is 0 Å². The predicted molar refractivity (Wildman–Crippen MR) is 98.4 cm³/mol. The summed E-state index contributed by atoms with van der Waals surface area (Å²) in [7, 11) is 0. The summed E-state index contributed by atoms with van der Waals surface area (Å²) in [6, 6.07) is 5.31. The summed E-state index contributed by atoms with van der Waals surface area (Å²) >= 11 is 0. The summed E-state index contributed by atoms with van der Waals surface area (Å²) in [5.74, 6) is 0.515. The van der Waals surface area contributed by atoms with E-state index in [2.05, 4.69) is 32.1 Å². The molecule has 3 fully saturated rings. The van der Waals surface area contributed by atoms with Gasteiger partial charge in [0.25, 0.3) is 0 Å². The Hall–Kier alpha value is -1.54. The first-order valence-electron chi connectivity index (χ1n) is 9.76. The zero-order valence-corrected chi connectivity index (χ0v) is 15.1. The monoisotopic (exact) mass is 359 g/mol. The molecule has 1 aromatic heterocycles. The van der Waals surface area contributed by atoms with E-state index in [0.717, 1.165) is 38.4 Å². The maximum absolute atomic E-state index is 11.1. The SMILES string of the molecule is O=C(O)CN(CC1CC1)C1CC(NCC2CNNC2c2cccnc2)C1. The molecule has 7 heteroatoms. The summed E-state index contributed by atoms with van der Waals surface area (Å²) in [4.78, 5) is 17.5. The number of nitrogens with one attached hydrogen (secondary N) is 3. The third-order valence-electron chi connectivity index (χ3n) is 5.96. The number of aromatic nitrogens is 1. The molecule has 0 spiro atoms. The van der Waals surface area contributed by atoms with Gasteiger partial charge in [0, 0.05) is 50.0 Å². The zero-order chi connectivity index (χ0) is 17.9. The summed E-state index contributed by atoms with van der Waals surface area (Å²) < 4.78 is 0. The number of nitrogens with zero attached hydrogens (tertiary/aromatic N) is 2. The Morgan fingerprint density at radius 2 is 2.23 bits per heavy atom. The largest absolute Gasteiger partial charge is 0.480 e. The van der Waals surface area contributed by atoms with E-state index in [0.29, 0.717) is 18.0 Å². The van der Waals surface area contributed by atoms with Crippen LogP contribution >= 0.6 is 0 Å². The molecule has 4 rings (SSSR count). The molecular formula is C19H29N5O2. The van der Waals surface area contributed by atoms with Gasteiger partial charge < -0.3 is 10.4 Å². The van der Waals surface area contributed by atoms with Crippen molar-refractivity contribution in [3.63, 3.8) is 0 Å². The van der Waals surface area contributed by atoms with Crippen LogP contribution in [0.3, 0.4) is 0 Å². The Kier molecular flexibility index (Phi) is 5.49. The van der Waals surface area contributed by atoms with Crippen molar-refractivity contribution in [1.29, 1.82) is 0 Å². The number of hydrogen-bond donors (Lipinski definition) is 4. The van der Waals surface area contributed by atoms with Gasteiger partial charge in [-0.05, 0) is 43.2 Å². The van der Waals surface area contributed by atoms with Crippen molar-refractivity contribution in [3.05, 3.63) is 30.1 Å². The van der Waals surface area contributed by atoms with Crippen LogP contribution in [0.1, 0.15) is 37.3 Å². The fourth-order valence-electron chi connectivity index (χ4n) is 4.16. The number of pyridine rings is 1. The number of aliphatic carboxylic acids is 1. The Balaban J connectivity index is 1.23. The van der Waals surface area contributed by atoms with Crippen molar-refractivity contribution in [2.24, 2.45) is 11.8 Å². The van der Waals surface area contributed by atoms with E-state index in [1.54, 1.807) is 6.20 Å². The Labute approximate surface area is 154 Å². The highest BCUT2D eigenvalue weighted by Crippen LogP contribution is 2.34. The minimum absolute atomic E-state index is 0.188. The molecule has 0 radical (unpaired) electrons. The molecule has 1 saturated heterocycles. The molecular weight excluding hydrogens is 330 g/mol. The first kappa shape index (κ1) is 17.9. The highest BCUT2D eigenvalue weighted by Gasteiger charge is 2.38. The van der Waals surface area contributed by atoms with E-state index < -0.39 is 5.97 Å². The summed E-state index contributed by atoms with van der Waals surface area (Å²) in [6.45, 7) is 3.05. The lowest BCUT2D eigenvalue weighted by Crippen LogP contribution is -2.55. The number of carboxylic acids is 1. The van der Waals surface area contributed by atoms with Crippen LogP contribution in [0.4, 0.5) is 0 Å². The zero-order valence-electron chi connectivity index (χ0n) is 15.1. The molecule has 0 bridgehead atoms. The van der Waals surface area contributed by atoms with Gasteiger partial charge >= 0.3 is 5.97 Å². The van der Waals surface area contributed by atoms with Crippen molar-refractivity contribution in [3.8, 4) is 0 Å². The molecule has 0 amide bonds. The molecule has 2 atom stereocenters. The Morgan fingerprint density at radius 3 is 2.92 bits per heavy atom. The Bertz CT molecular complexity index is 603. The second-order valence-electron chi connectivity index (χ2n) is 8.05. The van der Waals surface area contributed by atoms with Crippen LogP contribution in [0.2, 0.25) is 0 Å². The molecule has 142 valence electrons. The molecule has 26 heavy (non-hydrogen) atoms. The fourth-order valence-corrected chi connectivity index (χ4v) is 4.16. The standard InChI is InChI=1S/C19H29N5O2/c25-18(26)12-24(11-13-3-4-13)17-6-16(7-17)21-9-15-10-22-23-19(15)14-2-1-5-20-8-14/h1-2,5,8,13,15-17,19,21-23H,3-4,6-7,9-12H2,(H,25,26). The van der Waals surface area contributed by atoms with E-state index in [1.165, 1.54) is 18.4 Å². The normalized spacial score (nSPS) is 31.1. The lowest BCUT2D eigenvalue weighted by molar-refractivity contribution is -0.139. The highest BCUT2D eigenvalue weighted by atomic mass is 16.4. The third-order valence-corrected chi connectivity index (χ3v) is 5.96. The highest BCUT2D eigenvalue weighted by molar-refractivity contribution is 5.69. The van der Waals surface area contributed by atoms with Gasteiger partial charge in [-0.15, -0.1) is 0 Å². The first-order chi connectivity index (χ1) is 12.7. The lowest BCUT2D eigenvalue weighted by Gasteiger charge is -2.43. The van der Waals surface area contributed by atoms with Crippen LogP contribution in [0.15, 0.2) is 24.5 Å². The van der Waals surface area contributed by atoms with Crippen molar-refractivity contribution >= 4 is 5.97 Å². The average Bonchev–Trinajstić information content (AvgIpc) is 3.28. The van der Waals surface area contributed by atoms with E-state index in [-0.39, 0.29) is 12.6 Å². The topological polar surface area (TPSA) is 89.5 Å². The van der Waals surface area contributed by atoms with E-state index in [9.17, 15) is 4.79 Å². The van der Waals surface area contributed by atoms with Gasteiger partial charge in [0.05, 0.1) is 12.6 Å². The average molecular weight is 359 g/mol. The molecule has 2 unspecified atom stereocenters. The third kappa shape index (κ3) is 4.40. The molecule has 1 aromatic rings. The van der Waals surface area contributed by atoms with Crippen LogP contribution in [-0.4, -0.2) is 59.2 Å². The molecule has 4 N–H and O–H groups in total. The smallest absolute Gasteiger partial charge is 0.317 e. The number of carboxylic acid groups (broad SMARTS) is 1. The van der Waals surface area contributed by atoms with Gasteiger partial charge in [-0.3, -0.25) is 20.1 Å². The van der Waals surface area contributed by atoms with Crippen LogP contribution in [0.5, 0.6) is 0 Å². The Morgan fingerprint density at radius 1 is 1.38 bits per heavy atom. The van der Waals surface area contributed by atoms with E-state index in [1.807, 2.05) is 12.3 Å². The molecule has 1 aliphatic heterocycles. The maximum atomic E-state index is 11.1. The quantitative estimate of drug-likeness (QED) is 0.518. The van der Waals surface area contributed by atoms with Gasteiger partial charge in [-0.25, -0.2) is 5.43 Å². The number of hydrogen-bond acceptors (Lipinski definition) is 6. The summed E-state index contributed by atoms with van der Waals surface area (Å²) in [5.41, 5.74) is 7.84. The summed E-state index contributed by atoms with van der Waals surface area (Å²) in [5, 5.41) is 12.9. The lowest BCUT2D eigenvalue weighted by atomic mass is 9.84. The van der Waals surface area contributed by atoms with Gasteiger partial charge in [0.15, 0.2) is 0 Å². The van der Waals surface area contributed by atoms with Crippen LogP contribution < -0.4 is 16.2 Å². The number of rotatable bonds is 9. The van der Waals surface area contributed by atoms with Crippen LogP contribution in [0, 0.1) is 11.8 Å². The van der Waals surface area contributed by atoms with Crippen molar-refractivity contribution in [2.45, 2.75) is 43.8 Å². The van der Waals surface area contributed by atoms with Crippen LogP contribution in [-0.2, 0) is 4.79 Å². The first-order valence-corrected chi connectivity index (χ1v) is 9.76. The molecule has 2 heterocycles. The van der Waals surface area contributed by atoms with Gasteiger partial charge in [0.1, 0.15) is 0 Å². The fraction of sp³-hybridized carbons (Fsp3) is 0.684. The minimum atomic E-state index is -0.704. The second kappa shape index (κ2) is 8.00. The van der Waals surface area contributed by atoms with Crippen LogP contribution in [0.25, 0.3) is 0 Å². The molecule has 0 aromatic carbocycles. The number of hydrazine groups is 1. The van der Waals surface area contributed by atoms with Gasteiger partial charge in [-0.2, -0.15) is 0 Å². The van der Waals surface area contributed by atoms with E-state index >= 15 is 0 Å². The van der Waals surface area contributed by atoms with Crippen molar-refractivity contribution in [2.75, 3.05) is 26.2 Å². The second-order valence-corrected chi connectivity index (χ2v) is 8.05. The predicted octanol–water partition coefficient (Wildman–Crippen LogP) is 0.764. The van der Waals surface area contributed by atoms with Crippen molar-refractivity contribution < 1.29 is 9.90 Å².